The number of amides is 3. The summed E-state index contributed by atoms with van der Waals surface area (Å²) >= 11 is 0. The molecule has 0 radical (unpaired) electrons. The van der Waals surface area contributed by atoms with E-state index in [2.05, 4.69) is 10.6 Å². The van der Waals surface area contributed by atoms with Crippen LogP contribution in [0.2, 0.25) is 0 Å². The van der Waals surface area contributed by atoms with Crippen LogP contribution in [0.25, 0.3) is 0 Å². The maximum absolute atomic E-state index is 12.6. The van der Waals surface area contributed by atoms with Crippen LogP contribution in [0.1, 0.15) is 40.0 Å². The first-order valence-corrected chi connectivity index (χ1v) is 8.77. The van der Waals surface area contributed by atoms with E-state index in [4.69, 9.17) is 0 Å². The Morgan fingerprint density at radius 1 is 1.00 bits per heavy atom. The molecule has 0 saturated carbocycles. The lowest BCUT2D eigenvalue weighted by Crippen LogP contribution is -2.43. The summed E-state index contributed by atoms with van der Waals surface area (Å²) in [6.45, 7) is 0.840. The van der Waals surface area contributed by atoms with Gasteiger partial charge in [-0.3, -0.25) is 14.4 Å². The first-order chi connectivity index (χ1) is 12.6. The smallest absolute Gasteiger partial charge is 0.266 e. The van der Waals surface area contributed by atoms with E-state index in [0.29, 0.717) is 22.5 Å². The lowest BCUT2D eigenvalue weighted by Gasteiger charge is -2.23. The summed E-state index contributed by atoms with van der Waals surface area (Å²) in [6, 6.07) is 13.4. The van der Waals surface area contributed by atoms with Crippen LogP contribution in [0, 0.1) is 0 Å². The third-order valence-corrected chi connectivity index (χ3v) is 4.79. The van der Waals surface area contributed by atoms with Crippen LogP contribution in [0.3, 0.4) is 0 Å². The highest BCUT2D eigenvalue weighted by Crippen LogP contribution is 2.29. The van der Waals surface area contributed by atoms with Gasteiger partial charge in [0.1, 0.15) is 0 Å². The number of rotatable bonds is 3. The molecule has 0 spiro atoms. The van der Waals surface area contributed by atoms with Gasteiger partial charge in [-0.2, -0.15) is 0 Å². The number of fused-ring (bicyclic) bond motifs is 1. The largest absolute Gasteiger partial charge is 0.325 e. The number of nitrogens with one attached hydrogen (secondary N) is 2. The second kappa shape index (κ2) is 7.90. The Morgan fingerprint density at radius 2 is 1.70 bits per heavy atom. The molecule has 2 aromatic rings. The SMILES string of the molecule is Cl.O=C(Nc1cccc(N2C(=O)c3ccccc3C2=O)c1)C1CCCCN1. The number of imide groups is 1. The highest BCUT2D eigenvalue weighted by molar-refractivity contribution is 6.34. The van der Waals surface area contributed by atoms with Crippen molar-refractivity contribution in [2.45, 2.75) is 25.3 Å². The van der Waals surface area contributed by atoms with Gasteiger partial charge >= 0.3 is 0 Å². The van der Waals surface area contributed by atoms with Gasteiger partial charge in [-0.05, 0) is 49.7 Å². The molecule has 0 aliphatic carbocycles. The van der Waals surface area contributed by atoms with E-state index < -0.39 is 0 Å². The molecule has 6 nitrogen and oxygen atoms in total. The Hall–Kier alpha value is -2.70. The molecular weight excluding hydrogens is 366 g/mol. The van der Waals surface area contributed by atoms with Crippen molar-refractivity contribution in [2.24, 2.45) is 0 Å². The zero-order valence-electron chi connectivity index (χ0n) is 14.6. The lowest BCUT2D eigenvalue weighted by atomic mass is 10.0. The number of halogens is 1. The zero-order valence-corrected chi connectivity index (χ0v) is 15.4. The van der Waals surface area contributed by atoms with Crippen molar-refractivity contribution >= 4 is 41.5 Å². The van der Waals surface area contributed by atoms with Gasteiger partial charge in [0.2, 0.25) is 5.91 Å². The fraction of sp³-hybridized carbons (Fsp3) is 0.250. The van der Waals surface area contributed by atoms with Crippen LogP contribution in [-0.2, 0) is 4.79 Å². The average molecular weight is 386 g/mol. The number of hydrogen-bond donors (Lipinski definition) is 2. The van der Waals surface area contributed by atoms with Gasteiger partial charge in [-0.25, -0.2) is 4.90 Å². The minimum absolute atomic E-state index is 0. The number of hydrogen-bond acceptors (Lipinski definition) is 4. The van der Waals surface area contributed by atoms with Crippen LogP contribution in [0.5, 0.6) is 0 Å². The normalized spacial score (nSPS) is 18.7. The number of nitrogens with zero attached hydrogens (tertiary/aromatic N) is 1. The molecule has 0 aromatic heterocycles. The molecule has 1 fully saturated rings. The summed E-state index contributed by atoms with van der Waals surface area (Å²) < 4.78 is 0. The molecule has 3 amide bonds. The number of anilines is 2. The Bertz CT molecular complexity index is 859. The molecule has 2 N–H and O–H groups in total. The quantitative estimate of drug-likeness (QED) is 0.796. The fourth-order valence-corrected chi connectivity index (χ4v) is 3.45. The first kappa shape index (κ1) is 19.1. The van der Waals surface area contributed by atoms with Crippen molar-refractivity contribution in [3.8, 4) is 0 Å². The van der Waals surface area contributed by atoms with Crippen LogP contribution in [-0.4, -0.2) is 30.3 Å². The lowest BCUT2D eigenvalue weighted by molar-refractivity contribution is -0.118. The molecule has 140 valence electrons. The third kappa shape index (κ3) is 3.59. The Morgan fingerprint density at radius 3 is 2.33 bits per heavy atom. The Labute approximate surface area is 163 Å². The fourth-order valence-electron chi connectivity index (χ4n) is 3.45. The third-order valence-electron chi connectivity index (χ3n) is 4.79. The van der Waals surface area contributed by atoms with Crippen molar-refractivity contribution < 1.29 is 14.4 Å². The molecular formula is C20H20ClN3O3. The maximum atomic E-state index is 12.6. The molecule has 1 unspecified atom stereocenters. The second-order valence-corrected chi connectivity index (χ2v) is 6.53. The van der Waals surface area contributed by atoms with Gasteiger partial charge in [0.15, 0.2) is 0 Å². The molecule has 7 heteroatoms. The van der Waals surface area contributed by atoms with E-state index in [1.165, 1.54) is 0 Å². The van der Waals surface area contributed by atoms with E-state index in [-0.39, 0.29) is 36.2 Å². The minimum Gasteiger partial charge on any atom is -0.325 e. The number of benzene rings is 2. The summed E-state index contributed by atoms with van der Waals surface area (Å²) in [6.07, 6.45) is 2.92. The van der Waals surface area contributed by atoms with Crippen LogP contribution in [0.15, 0.2) is 48.5 Å². The summed E-state index contributed by atoms with van der Waals surface area (Å²) in [5.74, 6) is -0.782. The molecule has 27 heavy (non-hydrogen) atoms. The van der Waals surface area contributed by atoms with Crippen LogP contribution in [0.4, 0.5) is 11.4 Å². The van der Waals surface area contributed by atoms with Gasteiger partial charge in [0.05, 0.1) is 22.9 Å². The highest BCUT2D eigenvalue weighted by atomic mass is 35.5. The average Bonchev–Trinajstić information content (AvgIpc) is 2.94. The first-order valence-electron chi connectivity index (χ1n) is 8.77. The number of carbonyl (C=O) groups is 3. The summed E-state index contributed by atoms with van der Waals surface area (Å²) in [5.41, 5.74) is 1.82. The van der Waals surface area contributed by atoms with Crippen LogP contribution < -0.4 is 15.5 Å². The molecule has 2 aromatic carbocycles. The van der Waals surface area contributed by atoms with E-state index in [0.717, 1.165) is 30.7 Å². The van der Waals surface area contributed by atoms with Crippen molar-refractivity contribution in [1.82, 2.24) is 5.32 Å². The Balaban J connectivity index is 0.00000210. The van der Waals surface area contributed by atoms with Crippen LogP contribution >= 0.6 is 12.4 Å². The molecule has 0 bridgehead atoms. The minimum atomic E-state index is -0.344. The van der Waals surface area contributed by atoms with Crippen molar-refractivity contribution in [2.75, 3.05) is 16.8 Å². The Kier molecular flexibility index (Phi) is 5.58. The maximum Gasteiger partial charge on any atom is 0.266 e. The van der Waals surface area contributed by atoms with Gasteiger partial charge in [-0.15, -0.1) is 12.4 Å². The van der Waals surface area contributed by atoms with Crippen molar-refractivity contribution in [1.29, 1.82) is 0 Å². The standard InChI is InChI=1S/C20H19N3O3.ClH/c24-18(17-10-3-4-11-21-17)22-13-6-5-7-14(12-13)23-19(25)15-8-1-2-9-16(15)20(23)26;/h1-2,5-9,12,17,21H,3-4,10-11H2,(H,22,24);1H. The molecule has 1 saturated heterocycles. The predicted molar refractivity (Wildman–Crippen MR) is 106 cm³/mol. The van der Waals surface area contributed by atoms with Crippen molar-refractivity contribution in [3.05, 3.63) is 59.7 Å². The second-order valence-electron chi connectivity index (χ2n) is 6.53. The molecule has 2 aliphatic heterocycles. The van der Waals surface area contributed by atoms with E-state index in [1.807, 2.05) is 0 Å². The van der Waals surface area contributed by atoms with E-state index in [9.17, 15) is 14.4 Å². The van der Waals surface area contributed by atoms with E-state index >= 15 is 0 Å². The van der Waals surface area contributed by atoms with Crippen molar-refractivity contribution in [3.63, 3.8) is 0 Å². The van der Waals surface area contributed by atoms with Gasteiger partial charge < -0.3 is 10.6 Å². The zero-order chi connectivity index (χ0) is 18.1. The summed E-state index contributed by atoms with van der Waals surface area (Å²) in [4.78, 5) is 38.7. The molecule has 1 atom stereocenters. The summed E-state index contributed by atoms with van der Waals surface area (Å²) in [5, 5.41) is 6.08. The molecule has 4 rings (SSSR count). The summed E-state index contributed by atoms with van der Waals surface area (Å²) in [7, 11) is 0. The highest BCUT2D eigenvalue weighted by Gasteiger charge is 2.36. The van der Waals surface area contributed by atoms with E-state index in [1.54, 1.807) is 48.5 Å². The number of piperidine rings is 1. The van der Waals surface area contributed by atoms with Gasteiger partial charge in [0.25, 0.3) is 11.8 Å². The monoisotopic (exact) mass is 385 g/mol. The molecule has 2 aliphatic rings. The number of carbonyl (C=O) groups excluding carboxylic acids is 3. The topological polar surface area (TPSA) is 78.5 Å². The van der Waals surface area contributed by atoms with Gasteiger partial charge in [0, 0.05) is 5.69 Å². The predicted octanol–water partition coefficient (Wildman–Crippen LogP) is 2.99. The van der Waals surface area contributed by atoms with Gasteiger partial charge in [-0.1, -0.05) is 24.6 Å². The molecule has 2 heterocycles.